The Morgan fingerprint density at radius 2 is 1.64 bits per heavy atom. The minimum Gasteiger partial charge on any atom is -0.325 e. The minimum absolute atomic E-state index is 0.232. The first-order valence-corrected chi connectivity index (χ1v) is 9.97. The Labute approximate surface area is 157 Å². The van der Waals surface area contributed by atoms with Crippen molar-refractivity contribution >= 4 is 50.5 Å². The summed E-state index contributed by atoms with van der Waals surface area (Å²) in [5.41, 5.74) is 2.96. The van der Waals surface area contributed by atoms with Gasteiger partial charge in [-0.15, -0.1) is 0 Å². The average Bonchev–Trinajstić information content (AvgIpc) is 2.46. The highest BCUT2D eigenvalue weighted by molar-refractivity contribution is 7.92. The second-order valence-electron chi connectivity index (χ2n) is 5.74. The van der Waals surface area contributed by atoms with Crippen LogP contribution in [0.4, 0.5) is 11.4 Å². The predicted molar refractivity (Wildman–Crippen MR) is 103 cm³/mol. The number of carbonyl (C=O) groups is 1. The van der Waals surface area contributed by atoms with Crippen LogP contribution < -0.4 is 9.62 Å². The molecular formula is C17H18Cl2N2O3S. The zero-order valence-electron chi connectivity index (χ0n) is 14.0. The van der Waals surface area contributed by atoms with Crippen molar-refractivity contribution in [1.82, 2.24) is 0 Å². The summed E-state index contributed by atoms with van der Waals surface area (Å²) in [4.78, 5) is 12.3. The molecule has 0 heterocycles. The molecule has 25 heavy (non-hydrogen) atoms. The van der Waals surface area contributed by atoms with Gasteiger partial charge in [0.2, 0.25) is 15.9 Å². The molecule has 1 N–H and O–H groups in total. The molecule has 134 valence electrons. The molecule has 2 aromatic rings. The molecule has 0 atom stereocenters. The highest BCUT2D eigenvalue weighted by atomic mass is 35.5. The van der Waals surface area contributed by atoms with Crippen molar-refractivity contribution in [2.45, 2.75) is 13.8 Å². The zero-order valence-corrected chi connectivity index (χ0v) is 16.3. The maximum absolute atomic E-state index is 12.3. The van der Waals surface area contributed by atoms with Crippen LogP contribution in [0.1, 0.15) is 11.1 Å². The van der Waals surface area contributed by atoms with Crippen LogP contribution in [0.5, 0.6) is 0 Å². The van der Waals surface area contributed by atoms with E-state index in [1.54, 1.807) is 6.07 Å². The number of nitrogens with one attached hydrogen (secondary N) is 1. The van der Waals surface area contributed by atoms with Crippen molar-refractivity contribution in [2.24, 2.45) is 0 Å². The second kappa shape index (κ2) is 7.64. The first-order valence-electron chi connectivity index (χ1n) is 7.37. The van der Waals surface area contributed by atoms with Gasteiger partial charge in [-0.1, -0.05) is 29.3 Å². The van der Waals surface area contributed by atoms with Gasteiger partial charge in [0, 0.05) is 15.7 Å². The van der Waals surface area contributed by atoms with Crippen LogP contribution in [0.3, 0.4) is 0 Å². The van der Waals surface area contributed by atoms with E-state index in [9.17, 15) is 13.2 Å². The van der Waals surface area contributed by atoms with E-state index in [-0.39, 0.29) is 22.3 Å². The van der Waals surface area contributed by atoms with Gasteiger partial charge < -0.3 is 5.32 Å². The molecule has 8 heteroatoms. The summed E-state index contributed by atoms with van der Waals surface area (Å²) in [5, 5.41) is 3.27. The predicted octanol–water partition coefficient (Wildman–Crippen LogP) is 4.01. The monoisotopic (exact) mass is 400 g/mol. The van der Waals surface area contributed by atoms with Crippen LogP contribution in [-0.4, -0.2) is 27.1 Å². The Bertz CT molecular complexity index is 894. The Morgan fingerprint density at radius 1 is 1.04 bits per heavy atom. The van der Waals surface area contributed by atoms with Crippen molar-refractivity contribution < 1.29 is 13.2 Å². The molecule has 0 saturated carbocycles. The highest BCUT2D eigenvalue weighted by Gasteiger charge is 2.21. The number of anilines is 2. The van der Waals surface area contributed by atoms with Gasteiger partial charge in [0.1, 0.15) is 6.54 Å². The molecule has 0 aliphatic carbocycles. The second-order valence-corrected chi connectivity index (χ2v) is 8.52. The Balaban J connectivity index is 2.25. The molecule has 0 saturated heterocycles. The van der Waals surface area contributed by atoms with Crippen LogP contribution in [-0.2, 0) is 14.8 Å². The Morgan fingerprint density at radius 3 is 2.16 bits per heavy atom. The maximum Gasteiger partial charge on any atom is 0.245 e. The van der Waals surface area contributed by atoms with Gasteiger partial charge in [-0.3, -0.25) is 9.10 Å². The summed E-state index contributed by atoms with van der Waals surface area (Å²) in [6.45, 7) is 3.51. The van der Waals surface area contributed by atoms with E-state index in [0.717, 1.165) is 21.7 Å². The van der Waals surface area contributed by atoms with Crippen LogP contribution in [0.25, 0.3) is 0 Å². The topological polar surface area (TPSA) is 66.5 Å². The van der Waals surface area contributed by atoms with Gasteiger partial charge in [-0.2, -0.15) is 0 Å². The van der Waals surface area contributed by atoms with E-state index >= 15 is 0 Å². The summed E-state index contributed by atoms with van der Waals surface area (Å²) >= 11 is 11.9. The Kier molecular flexibility index (Phi) is 5.98. The molecule has 5 nitrogen and oxygen atoms in total. The van der Waals surface area contributed by atoms with Gasteiger partial charge in [0.15, 0.2) is 0 Å². The van der Waals surface area contributed by atoms with Crippen molar-refractivity contribution in [3.8, 4) is 0 Å². The number of nitrogens with zero attached hydrogens (tertiary/aromatic N) is 1. The fraction of sp³-hybridized carbons (Fsp3) is 0.235. The van der Waals surface area contributed by atoms with Crippen LogP contribution in [0.2, 0.25) is 10.0 Å². The first kappa shape index (κ1) is 19.6. The molecule has 0 bridgehead atoms. The van der Waals surface area contributed by atoms with E-state index in [1.165, 1.54) is 18.2 Å². The number of hydrogen-bond acceptors (Lipinski definition) is 3. The fourth-order valence-electron chi connectivity index (χ4n) is 2.23. The summed E-state index contributed by atoms with van der Waals surface area (Å²) in [5.74, 6) is -0.468. The van der Waals surface area contributed by atoms with Crippen LogP contribution in [0.15, 0.2) is 36.4 Å². The quantitative estimate of drug-likeness (QED) is 0.823. The lowest BCUT2D eigenvalue weighted by atomic mass is 10.1. The molecular weight excluding hydrogens is 383 g/mol. The number of carbonyl (C=O) groups excluding carboxylic acids is 1. The molecule has 0 fully saturated rings. The number of aryl methyl sites for hydroxylation is 2. The number of halogens is 2. The van der Waals surface area contributed by atoms with Gasteiger partial charge in [0.25, 0.3) is 0 Å². The van der Waals surface area contributed by atoms with Gasteiger partial charge in [-0.25, -0.2) is 8.42 Å². The first-order chi connectivity index (χ1) is 11.6. The molecule has 1 amide bonds. The van der Waals surface area contributed by atoms with E-state index in [4.69, 9.17) is 23.2 Å². The molecule has 2 rings (SSSR count). The molecule has 0 aromatic heterocycles. The van der Waals surface area contributed by atoms with Crippen molar-refractivity contribution in [1.29, 1.82) is 0 Å². The molecule has 0 radical (unpaired) electrons. The Hall–Kier alpha value is -1.76. The highest BCUT2D eigenvalue weighted by Crippen LogP contribution is 2.27. The summed E-state index contributed by atoms with van der Waals surface area (Å²) in [6, 6.07) is 9.85. The van der Waals surface area contributed by atoms with E-state index in [2.05, 4.69) is 5.32 Å². The molecule has 0 aliphatic heterocycles. The van der Waals surface area contributed by atoms with E-state index in [1.807, 2.05) is 26.0 Å². The lowest BCUT2D eigenvalue weighted by Gasteiger charge is -2.22. The number of amides is 1. The third-order valence-corrected chi connectivity index (χ3v) is 5.19. The van der Waals surface area contributed by atoms with Gasteiger partial charge in [-0.05, 0) is 55.3 Å². The van der Waals surface area contributed by atoms with Crippen molar-refractivity contribution in [3.63, 3.8) is 0 Å². The van der Waals surface area contributed by atoms with E-state index in [0.29, 0.717) is 5.69 Å². The van der Waals surface area contributed by atoms with Gasteiger partial charge in [0.05, 0.1) is 11.9 Å². The smallest absolute Gasteiger partial charge is 0.245 e. The lowest BCUT2D eigenvalue weighted by Crippen LogP contribution is -2.37. The van der Waals surface area contributed by atoms with E-state index < -0.39 is 15.9 Å². The summed E-state index contributed by atoms with van der Waals surface area (Å²) in [6.07, 6.45) is 1.02. The normalized spacial score (nSPS) is 11.2. The summed E-state index contributed by atoms with van der Waals surface area (Å²) < 4.78 is 25.2. The lowest BCUT2D eigenvalue weighted by molar-refractivity contribution is -0.114. The zero-order chi connectivity index (χ0) is 18.8. The number of benzene rings is 2. The minimum atomic E-state index is -3.70. The standard InChI is InChI=1S/C17H18Cl2N2O3S/c1-11-4-5-15(6-12(11)2)20-17(22)10-21(25(3,23)24)16-8-13(18)7-14(19)9-16/h4-9H,10H2,1-3H3,(H,20,22). The molecule has 0 spiro atoms. The molecule has 0 unspecified atom stereocenters. The summed E-state index contributed by atoms with van der Waals surface area (Å²) in [7, 11) is -3.70. The van der Waals surface area contributed by atoms with Crippen LogP contribution in [0, 0.1) is 13.8 Å². The number of sulfonamides is 1. The van der Waals surface area contributed by atoms with Crippen molar-refractivity contribution in [3.05, 3.63) is 57.6 Å². The third-order valence-electron chi connectivity index (χ3n) is 3.61. The fourth-order valence-corrected chi connectivity index (χ4v) is 3.59. The number of rotatable bonds is 5. The molecule has 2 aromatic carbocycles. The number of hydrogen-bond donors (Lipinski definition) is 1. The van der Waals surface area contributed by atoms with Gasteiger partial charge >= 0.3 is 0 Å². The van der Waals surface area contributed by atoms with Crippen molar-refractivity contribution in [2.75, 3.05) is 22.4 Å². The third kappa shape index (κ3) is 5.36. The largest absolute Gasteiger partial charge is 0.325 e. The van der Waals surface area contributed by atoms with Crippen LogP contribution >= 0.6 is 23.2 Å². The average molecular weight is 401 g/mol. The molecule has 0 aliphatic rings. The SMILES string of the molecule is Cc1ccc(NC(=O)CN(c2cc(Cl)cc(Cl)c2)S(C)(=O)=O)cc1C. The maximum atomic E-state index is 12.3.